The summed E-state index contributed by atoms with van der Waals surface area (Å²) >= 11 is 6.27. The van der Waals surface area contributed by atoms with Crippen LogP contribution in [0.25, 0.3) is 0 Å². The number of hydrogen-bond donors (Lipinski definition) is 0. The SMILES string of the molecule is CCc1cccc(CC)c1N(CC1COCO1)C(=O)C(Cl)CC. The van der Waals surface area contributed by atoms with Crippen molar-refractivity contribution in [3.8, 4) is 0 Å². The Hall–Kier alpha value is -1.10. The molecule has 1 saturated heterocycles. The molecule has 0 N–H and O–H groups in total. The first-order valence-electron chi connectivity index (χ1n) is 8.37. The van der Waals surface area contributed by atoms with Gasteiger partial charge < -0.3 is 14.4 Å². The summed E-state index contributed by atoms with van der Waals surface area (Å²) in [5, 5.41) is -0.521. The summed E-state index contributed by atoms with van der Waals surface area (Å²) < 4.78 is 10.8. The van der Waals surface area contributed by atoms with Gasteiger partial charge in [0.1, 0.15) is 18.3 Å². The second-order valence-electron chi connectivity index (χ2n) is 5.73. The van der Waals surface area contributed by atoms with Crippen molar-refractivity contribution in [2.75, 3.05) is 24.8 Å². The zero-order valence-electron chi connectivity index (χ0n) is 14.2. The number of aryl methyl sites for hydroxylation is 2. The second kappa shape index (κ2) is 8.67. The first-order valence-corrected chi connectivity index (χ1v) is 8.81. The number of carbonyl (C=O) groups is 1. The highest BCUT2D eigenvalue weighted by atomic mass is 35.5. The van der Waals surface area contributed by atoms with Gasteiger partial charge in [0.25, 0.3) is 0 Å². The van der Waals surface area contributed by atoms with Crippen molar-refractivity contribution < 1.29 is 14.3 Å². The molecule has 128 valence electrons. The van der Waals surface area contributed by atoms with Crippen molar-refractivity contribution in [2.24, 2.45) is 0 Å². The lowest BCUT2D eigenvalue weighted by molar-refractivity contribution is -0.118. The Labute approximate surface area is 143 Å². The number of carbonyl (C=O) groups excluding carboxylic acids is 1. The number of alkyl halides is 1. The second-order valence-corrected chi connectivity index (χ2v) is 6.26. The minimum absolute atomic E-state index is 0.0553. The molecular formula is C18H26ClNO3. The van der Waals surface area contributed by atoms with E-state index < -0.39 is 5.38 Å². The van der Waals surface area contributed by atoms with Crippen LogP contribution in [0.4, 0.5) is 5.69 Å². The fourth-order valence-corrected chi connectivity index (χ4v) is 3.00. The molecule has 2 rings (SSSR count). The van der Waals surface area contributed by atoms with Gasteiger partial charge in [0, 0.05) is 0 Å². The highest BCUT2D eigenvalue weighted by molar-refractivity contribution is 6.32. The maximum Gasteiger partial charge on any atom is 0.245 e. The van der Waals surface area contributed by atoms with E-state index in [2.05, 4.69) is 32.0 Å². The summed E-state index contributed by atoms with van der Waals surface area (Å²) in [7, 11) is 0. The topological polar surface area (TPSA) is 38.8 Å². The van der Waals surface area contributed by atoms with Crippen LogP contribution in [0.2, 0.25) is 0 Å². The van der Waals surface area contributed by atoms with Gasteiger partial charge in [0.05, 0.1) is 18.8 Å². The summed E-state index contributed by atoms with van der Waals surface area (Å²) in [4.78, 5) is 14.7. The fourth-order valence-electron chi connectivity index (χ4n) is 2.88. The van der Waals surface area contributed by atoms with Crippen molar-refractivity contribution in [2.45, 2.75) is 51.5 Å². The molecule has 0 radical (unpaired) electrons. The maximum absolute atomic E-state index is 12.9. The average molecular weight is 340 g/mol. The van der Waals surface area contributed by atoms with Crippen LogP contribution in [-0.4, -0.2) is 37.3 Å². The van der Waals surface area contributed by atoms with E-state index in [0.29, 0.717) is 26.4 Å². The summed E-state index contributed by atoms with van der Waals surface area (Å²) in [5.41, 5.74) is 3.32. The largest absolute Gasteiger partial charge is 0.353 e. The Balaban J connectivity index is 2.41. The van der Waals surface area contributed by atoms with Crippen LogP contribution in [-0.2, 0) is 27.1 Å². The van der Waals surface area contributed by atoms with Gasteiger partial charge in [0.15, 0.2) is 0 Å². The minimum atomic E-state index is -0.521. The molecule has 1 heterocycles. The maximum atomic E-state index is 12.9. The lowest BCUT2D eigenvalue weighted by Gasteiger charge is -2.30. The van der Waals surface area contributed by atoms with E-state index in [1.807, 2.05) is 11.8 Å². The average Bonchev–Trinajstić information content (AvgIpc) is 3.10. The van der Waals surface area contributed by atoms with Crippen LogP contribution in [0.3, 0.4) is 0 Å². The molecule has 1 aliphatic rings. The van der Waals surface area contributed by atoms with Gasteiger partial charge in [-0.1, -0.05) is 39.0 Å². The molecule has 0 saturated carbocycles. The van der Waals surface area contributed by atoms with Gasteiger partial charge in [-0.15, -0.1) is 11.6 Å². The van der Waals surface area contributed by atoms with Gasteiger partial charge in [-0.25, -0.2) is 0 Å². The summed E-state index contributed by atoms with van der Waals surface area (Å²) in [6.07, 6.45) is 2.24. The van der Waals surface area contributed by atoms with E-state index in [-0.39, 0.29) is 12.0 Å². The van der Waals surface area contributed by atoms with Crippen molar-refractivity contribution in [3.05, 3.63) is 29.3 Å². The molecule has 0 bridgehead atoms. The minimum Gasteiger partial charge on any atom is -0.353 e. The number of ether oxygens (including phenoxy) is 2. The predicted molar refractivity (Wildman–Crippen MR) is 93.2 cm³/mol. The van der Waals surface area contributed by atoms with Crippen LogP contribution in [0.5, 0.6) is 0 Å². The third-order valence-electron chi connectivity index (χ3n) is 4.20. The lowest BCUT2D eigenvalue weighted by Crippen LogP contribution is -2.43. The Morgan fingerprint density at radius 2 is 1.96 bits per heavy atom. The Bertz CT molecular complexity index is 507. The van der Waals surface area contributed by atoms with Crippen LogP contribution >= 0.6 is 11.6 Å². The molecule has 0 aromatic heterocycles. The molecule has 1 aromatic rings. The number of para-hydroxylation sites is 1. The summed E-state index contributed by atoms with van der Waals surface area (Å²) in [6, 6.07) is 6.21. The number of rotatable bonds is 7. The van der Waals surface area contributed by atoms with Gasteiger partial charge in [-0.05, 0) is 30.4 Å². The molecule has 2 atom stereocenters. The van der Waals surface area contributed by atoms with Crippen molar-refractivity contribution in [1.29, 1.82) is 0 Å². The molecule has 23 heavy (non-hydrogen) atoms. The Kier molecular flexibility index (Phi) is 6.88. The van der Waals surface area contributed by atoms with E-state index in [9.17, 15) is 4.79 Å². The number of halogens is 1. The quantitative estimate of drug-likeness (QED) is 0.713. The summed E-state index contributed by atoms with van der Waals surface area (Å²) in [5.74, 6) is -0.0553. The molecule has 1 aliphatic heterocycles. The zero-order chi connectivity index (χ0) is 16.8. The fraction of sp³-hybridized carbons (Fsp3) is 0.611. The molecule has 2 unspecified atom stereocenters. The number of benzene rings is 1. The van der Waals surface area contributed by atoms with Gasteiger partial charge >= 0.3 is 0 Å². The van der Waals surface area contributed by atoms with Crippen LogP contribution in [0.1, 0.15) is 38.3 Å². The third-order valence-corrected chi connectivity index (χ3v) is 4.70. The van der Waals surface area contributed by atoms with Gasteiger partial charge in [-0.2, -0.15) is 0 Å². The van der Waals surface area contributed by atoms with E-state index >= 15 is 0 Å². The number of anilines is 1. The molecular weight excluding hydrogens is 314 g/mol. The normalized spacial score (nSPS) is 18.9. The third kappa shape index (κ3) is 4.25. The molecule has 0 spiro atoms. The van der Waals surface area contributed by atoms with Gasteiger partial charge in [0.2, 0.25) is 5.91 Å². The zero-order valence-corrected chi connectivity index (χ0v) is 14.9. The molecule has 1 aromatic carbocycles. The van der Waals surface area contributed by atoms with E-state index in [1.165, 1.54) is 0 Å². The van der Waals surface area contributed by atoms with E-state index in [1.54, 1.807) is 0 Å². The Morgan fingerprint density at radius 1 is 1.30 bits per heavy atom. The molecule has 4 nitrogen and oxygen atoms in total. The first kappa shape index (κ1) is 18.2. The molecule has 1 fully saturated rings. The molecule has 5 heteroatoms. The van der Waals surface area contributed by atoms with Crippen molar-refractivity contribution in [1.82, 2.24) is 0 Å². The van der Waals surface area contributed by atoms with Gasteiger partial charge in [-0.3, -0.25) is 4.79 Å². The highest BCUT2D eigenvalue weighted by Gasteiger charge is 2.29. The number of nitrogens with zero attached hydrogens (tertiary/aromatic N) is 1. The van der Waals surface area contributed by atoms with Crippen LogP contribution < -0.4 is 4.90 Å². The summed E-state index contributed by atoms with van der Waals surface area (Å²) in [6.45, 7) is 7.42. The standard InChI is InChI=1S/C18H26ClNO3/c1-4-13-8-7-9-14(5-2)17(13)20(18(21)16(19)6-3)10-15-11-22-12-23-15/h7-9,15-16H,4-6,10-12H2,1-3H3. The highest BCUT2D eigenvalue weighted by Crippen LogP contribution is 2.29. The van der Waals surface area contributed by atoms with E-state index in [0.717, 1.165) is 29.7 Å². The van der Waals surface area contributed by atoms with Crippen molar-refractivity contribution in [3.63, 3.8) is 0 Å². The first-order chi connectivity index (χ1) is 11.1. The Morgan fingerprint density at radius 3 is 2.43 bits per heavy atom. The number of amides is 1. The number of hydrogen-bond acceptors (Lipinski definition) is 3. The molecule has 0 aliphatic carbocycles. The van der Waals surface area contributed by atoms with Crippen molar-refractivity contribution >= 4 is 23.2 Å². The lowest BCUT2D eigenvalue weighted by atomic mass is 10.0. The monoisotopic (exact) mass is 339 g/mol. The molecule has 1 amide bonds. The smallest absolute Gasteiger partial charge is 0.245 e. The predicted octanol–water partition coefficient (Wildman–Crippen LogP) is 3.53. The van der Waals surface area contributed by atoms with Crippen LogP contribution in [0, 0.1) is 0 Å². The van der Waals surface area contributed by atoms with Crippen LogP contribution in [0.15, 0.2) is 18.2 Å². The van der Waals surface area contributed by atoms with E-state index in [4.69, 9.17) is 21.1 Å².